The molecule has 0 radical (unpaired) electrons. The number of alkyl halides is 3. The minimum absolute atomic E-state index is 0.00808. The Hall–Kier alpha value is -4.55. The second kappa shape index (κ2) is 9.60. The number of nitrogens with zero attached hydrogens (tertiary/aromatic N) is 5. The van der Waals surface area contributed by atoms with E-state index >= 15 is 0 Å². The second-order valence-electron chi connectivity index (χ2n) is 7.49. The fraction of sp³-hybridized carbons (Fsp3) is 0.174. The van der Waals surface area contributed by atoms with Crippen molar-refractivity contribution >= 4 is 17.6 Å². The highest BCUT2D eigenvalue weighted by atomic mass is 19.4. The Morgan fingerprint density at radius 1 is 1.08 bits per heavy atom. The van der Waals surface area contributed by atoms with E-state index in [9.17, 15) is 22.4 Å². The second-order valence-corrected chi connectivity index (χ2v) is 7.49. The van der Waals surface area contributed by atoms with E-state index in [0.29, 0.717) is 11.3 Å². The van der Waals surface area contributed by atoms with E-state index in [4.69, 9.17) is 9.47 Å². The highest BCUT2D eigenvalue weighted by Gasteiger charge is 2.34. The summed E-state index contributed by atoms with van der Waals surface area (Å²) in [7, 11) is 2.50. The Balaban J connectivity index is 1.86. The lowest BCUT2D eigenvalue weighted by molar-refractivity contribution is -0.141. The zero-order chi connectivity index (χ0) is 26.0. The maximum Gasteiger partial charge on any atom is 0.435 e. The Morgan fingerprint density at radius 3 is 2.50 bits per heavy atom. The predicted octanol–water partition coefficient (Wildman–Crippen LogP) is 4.73. The largest absolute Gasteiger partial charge is 0.480 e. The van der Waals surface area contributed by atoms with Gasteiger partial charge in [-0.1, -0.05) is 0 Å². The van der Waals surface area contributed by atoms with Gasteiger partial charge in [0.05, 0.1) is 14.2 Å². The summed E-state index contributed by atoms with van der Waals surface area (Å²) in [6, 6.07) is 6.37. The van der Waals surface area contributed by atoms with E-state index in [1.807, 2.05) is 0 Å². The molecule has 0 aliphatic carbocycles. The lowest BCUT2D eigenvalue weighted by atomic mass is 10.1. The Kier molecular flexibility index (Phi) is 6.55. The van der Waals surface area contributed by atoms with Crippen molar-refractivity contribution in [1.29, 1.82) is 0 Å². The average Bonchev–Trinajstić information content (AvgIpc) is 3.33. The van der Waals surface area contributed by atoms with E-state index in [0.717, 1.165) is 16.9 Å². The van der Waals surface area contributed by atoms with Crippen molar-refractivity contribution in [2.75, 3.05) is 19.5 Å². The van der Waals surface area contributed by atoms with Gasteiger partial charge in [0.1, 0.15) is 11.4 Å². The molecular formula is C23H18F4N6O3. The van der Waals surface area contributed by atoms with Gasteiger partial charge < -0.3 is 14.8 Å². The quantitative estimate of drug-likeness (QED) is 0.298. The number of hydrogen-bond donors (Lipinski definition) is 1. The average molecular weight is 502 g/mol. The minimum atomic E-state index is -4.68. The maximum atomic E-state index is 13.8. The number of ether oxygens (including phenoxy) is 2. The zero-order valence-corrected chi connectivity index (χ0v) is 19.1. The molecule has 0 unspecified atom stereocenters. The molecule has 0 bridgehead atoms. The van der Waals surface area contributed by atoms with Crippen LogP contribution in [0.25, 0.3) is 16.9 Å². The molecule has 0 aliphatic heterocycles. The lowest BCUT2D eigenvalue weighted by Crippen LogP contribution is -2.10. The van der Waals surface area contributed by atoms with Gasteiger partial charge in [-0.15, -0.1) is 0 Å². The fourth-order valence-electron chi connectivity index (χ4n) is 3.36. The fourth-order valence-corrected chi connectivity index (χ4v) is 3.36. The van der Waals surface area contributed by atoms with Gasteiger partial charge in [-0.05, 0) is 42.8 Å². The molecule has 0 fully saturated rings. The molecule has 0 amide bonds. The van der Waals surface area contributed by atoms with Crippen molar-refractivity contribution in [2.24, 2.45) is 0 Å². The van der Waals surface area contributed by atoms with Gasteiger partial charge in [0.25, 0.3) is 0 Å². The summed E-state index contributed by atoms with van der Waals surface area (Å²) in [6.45, 7) is 1.70. The third kappa shape index (κ3) is 5.09. The summed E-state index contributed by atoms with van der Waals surface area (Å²) >= 11 is 0. The summed E-state index contributed by atoms with van der Waals surface area (Å²) in [5, 5.41) is 6.43. The first-order valence-corrected chi connectivity index (χ1v) is 10.3. The summed E-state index contributed by atoms with van der Waals surface area (Å²) in [4.78, 5) is 24.8. The van der Waals surface area contributed by atoms with Crippen molar-refractivity contribution in [3.8, 4) is 22.8 Å². The smallest absolute Gasteiger partial charge is 0.435 e. The standard InChI is InChI=1S/C23H18F4N6O3/c1-12-6-14(24)9-15(7-12)30-22-29-11-17(13-8-16(21(34)36-3)20(35-2)28-10-13)19(31-22)33-5-4-18(32-33)23(25,26)27/h4-11H,1-3H3,(H,29,30,31). The van der Waals surface area contributed by atoms with Crippen LogP contribution < -0.4 is 10.1 Å². The number of pyridine rings is 1. The maximum absolute atomic E-state index is 13.8. The number of esters is 1. The van der Waals surface area contributed by atoms with Crippen molar-refractivity contribution in [3.05, 3.63) is 71.6 Å². The first-order valence-electron chi connectivity index (χ1n) is 10.3. The molecule has 36 heavy (non-hydrogen) atoms. The SMILES string of the molecule is COC(=O)c1cc(-c2cnc(Nc3cc(C)cc(F)c3)nc2-n2ccc(C(F)(F)F)n2)cnc1OC. The van der Waals surface area contributed by atoms with Crippen molar-refractivity contribution in [2.45, 2.75) is 13.1 Å². The predicted molar refractivity (Wildman–Crippen MR) is 120 cm³/mol. The van der Waals surface area contributed by atoms with E-state index in [1.165, 1.54) is 44.8 Å². The molecule has 1 aromatic carbocycles. The van der Waals surface area contributed by atoms with Crippen molar-refractivity contribution < 1.29 is 31.8 Å². The molecule has 0 spiro atoms. The molecule has 186 valence electrons. The summed E-state index contributed by atoms with van der Waals surface area (Å²) in [5.41, 5.74) is 0.303. The normalized spacial score (nSPS) is 11.3. The van der Waals surface area contributed by atoms with Gasteiger partial charge in [0.2, 0.25) is 11.8 Å². The van der Waals surface area contributed by atoms with Gasteiger partial charge in [-0.25, -0.2) is 23.8 Å². The molecule has 0 atom stereocenters. The van der Waals surface area contributed by atoms with Gasteiger partial charge in [-0.2, -0.15) is 23.3 Å². The first-order chi connectivity index (χ1) is 17.1. The van der Waals surface area contributed by atoms with Crippen LogP contribution >= 0.6 is 0 Å². The Bertz CT molecular complexity index is 1420. The van der Waals surface area contributed by atoms with Crippen LogP contribution in [0, 0.1) is 12.7 Å². The number of methoxy groups -OCH3 is 2. The minimum Gasteiger partial charge on any atom is -0.480 e. The van der Waals surface area contributed by atoms with Crippen LogP contribution in [0.2, 0.25) is 0 Å². The van der Waals surface area contributed by atoms with Crippen LogP contribution in [0.3, 0.4) is 0 Å². The molecule has 9 nitrogen and oxygen atoms in total. The van der Waals surface area contributed by atoms with E-state index in [-0.39, 0.29) is 34.3 Å². The summed E-state index contributed by atoms with van der Waals surface area (Å²) in [6.07, 6.45) is -0.942. The zero-order valence-electron chi connectivity index (χ0n) is 19.1. The first kappa shape index (κ1) is 24.6. The molecule has 1 N–H and O–H groups in total. The van der Waals surface area contributed by atoms with Gasteiger partial charge in [0.15, 0.2) is 11.5 Å². The molecule has 0 saturated heterocycles. The lowest BCUT2D eigenvalue weighted by Gasteiger charge is -2.13. The molecule has 0 aliphatic rings. The number of aryl methyl sites for hydroxylation is 1. The van der Waals surface area contributed by atoms with Gasteiger partial charge in [0, 0.05) is 35.4 Å². The molecular weight excluding hydrogens is 484 g/mol. The number of anilines is 2. The molecule has 4 rings (SSSR count). The highest BCUT2D eigenvalue weighted by molar-refractivity contribution is 5.93. The highest BCUT2D eigenvalue weighted by Crippen LogP contribution is 2.32. The monoisotopic (exact) mass is 502 g/mol. The van der Waals surface area contributed by atoms with Crippen molar-refractivity contribution in [3.63, 3.8) is 0 Å². The van der Waals surface area contributed by atoms with Gasteiger partial charge in [-0.3, -0.25) is 0 Å². The van der Waals surface area contributed by atoms with Crippen LogP contribution in [-0.2, 0) is 10.9 Å². The number of carbonyl (C=O) groups excluding carboxylic acids is 1. The molecule has 0 saturated carbocycles. The number of rotatable bonds is 6. The number of nitrogens with one attached hydrogen (secondary N) is 1. The summed E-state index contributed by atoms with van der Waals surface area (Å²) < 4.78 is 64.2. The molecule has 13 heteroatoms. The van der Waals surface area contributed by atoms with Crippen LogP contribution in [0.1, 0.15) is 21.6 Å². The topological polar surface area (TPSA) is 104 Å². The number of halogens is 4. The van der Waals surface area contributed by atoms with E-state index in [2.05, 4.69) is 25.4 Å². The van der Waals surface area contributed by atoms with Crippen LogP contribution in [0.4, 0.5) is 29.2 Å². The third-order valence-corrected chi connectivity index (χ3v) is 4.92. The number of benzene rings is 1. The molecule has 3 aromatic heterocycles. The number of hydrogen-bond acceptors (Lipinski definition) is 8. The number of aromatic nitrogens is 5. The third-order valence-electron chi connectivity index (χ3n) is 4.92. The van der Waals surface area contributed by atoms with Crippen molar-refractivity contribution in [1.82, 2.24) is 24.7 Å². The van der Waals surface area contributed by atoms with Crippen LogP contribution in [-0.4, -0.2) is 44.9 Å². The Labute approximate surface area is 201 Å². The molecule has 3 heterocycles. The van der Waals surface area contributed by atoms with Gasteiger partial charge >= 0.3 is 12.1 Å². The van der Waals surface area contributed by atoms with Crippen LogP contribution in [0.15, 0.2) is 48.9 Å². The van der Waals surface area contributed by atoms with Crippen LogP contribution in [0.5, 0.6) is 5.88 Å². The van der Waals surface area contributed by atoms with E-state index < -0.39 is 23.7 Å². The number of carbonyl (C=O) groups is 1. The Morgan fingerprint density at radius 2 is 1.86 bits per heavy atom. The summed E-state index contributed by atoms with van der Waals surface area (Å²) in [5.74, 6) is -1.32. The molecule has 4 aromatic rings. The van der Waals surface area contributed by atoms with E-state index in [1.54, 1.807) is 13.0 Å².